The van der Waals surface area contributed by atoms with Gasteiger partial charge in [0, 0.05) is 13.6 Å². The van der Waals surface area contributed by atoms with E-state index in [9.17, 15) is 4.79 Å². The molecule has 0 aliphatic heterocycles. The summed E-state index contributed by atoms with van der Waals surface area (Å²) in [5.41, 5.74) is 0. The molecule has 4 heteroatoms. The molecule has 0 aliphatic carbocycles. The average molecular weight is 142 g/mol. The third kappa shape index (κ3) is 3.72. The summed E-state index contributed by atoms with van der Waals surface area (Å²) in [6.07, 6.45) is 2.13. The van der Waals surface area contributed by atoms with Gasteiger partial charge in [-0.05, 0) is 0 Å². The molecule has 0 aliphatic rings. The van der Waals surface area contributed by atoms with Gasteiger partial charge < -0.3 is 9.64 Å². The third-order valence-corrected chi connectivity index (χ3v) is 1.05. The topological polar surface area (TPSA) is 53.3 Å². The Balaban J connectivity index is 3.37. The van der Waals surface area contributed by atoms with E-state index in [-0.39, 0.29) is 12.4 Å². The number of rotatable bonds is 3. The number of hydrogen-bond donors (Lipinski definition) is 0. The highest BCUT2D eigenvalue weighted by molar-refractivity contribution is 5.69. The number of ether oxygens (including phenoxy) is 1. The summed E-state index contributed by atoms with van der Waals surface area (Å²) in [6.45, 7) is 0.420. The fourth-order valence-corrected chi connectivity index (χ4v) is 0.411. The number of nitrogens with zero attached hydrogens (tertiary/aromatic N) is 2. The van der Waals surface area contributed by atoms with Crippen LogP contribution in [0.3, 0.4) is 0 Å². The van der Waals surface area contributed by atoms with E-state index in [0.717, 1.165) is 0 Å². The van der Waals surface area contributed by atoms with Crippen LogP contribution in [0.2, 0.25) is 0 Å². The summed E-state index contributed by atoms with van der Waals surface area (Å²) in [4.78, 5) is 11.8. The minimum absolute atomic E-state index is 0.264. The first-order valence-electron chi connectivity index (χ1n) is 2.88. The lowest BCUT2D eigenvalue weighted by atomic mass is 10.4. The quantitative estimate of drug-likeness (QED) is 0.315. The monoisotopic (exact) mass is 142 g/mol. The van der Waals surface area contributed by atoms with Gasteiger partial charge in [-0.25, -0.2) is 0 Å². The van der Waals surface area contributed by atoms with Gasteiger partial charge in [-0.2, -0.15) is 5.26 Å². The van der Waals surface area contributed by atoms with Crippen molar-refractivity contribution in [3.05, 3.63) is 0 Å². The molecule has 0 atom stereocenters. The molecular formula is C6H10N2O2. The van der Waals surface area contributed by atoms with E-state index >= 15 is 0 Å². The summed E-state index contributed by atoms with van der Waals surface area (Å²) in [6, 6.07) is 0. The van der Waals surface area contributed by atoms with E-state index in [2.05, 4.69) is 4.74 Å². The highest BCUT2D eigenvalue weighted by atomic mass is 16.5. The Kier molecular flexibility index (Phi) is 4.05. The standard InChI is InChI=1S/C6H10N2O2/c1-8(5-7)4-3-6(9)10-2/h3-4H2,1-2H3. The molecule has 10 heavy (non-hydrogen) atoms. The first-order chi connectivity index (χ1) is 4.70. The fourth-order valence-electron chi connectivity index (χ4n) is 0.411. The molecule has 0 fully saturated rings. The van der Waals surface area contributed by atoms with Crippen LogP contribution in [0.25, 0.3) is 0 Å². The number of nitriles is 1. The summed E-state index contributed by atoms with van der Waals surface area (Å²) in [5, 5.41) is 8.24. The van der Waals surface area contributed by atoms with Gasteiger partial charge in [-0.1, -0.05) is 0 Å². The molecule has 0 saturated heterocycles. The molecule has 0 aromatic carbocycles. The van der Waals surface area contributed by atoms with Crippen LogP contribution in [-0.2, 0) is 9.53 Å². The molecule has 0 spiro atoms. The molecule has 56 valence electrons. The lowest BCUT2D eigenvalue weighted by Crippen LogP contribution is -2.16. The number of esters is 1. The maximum Gasteiger partial charge on any atom is 0.307 e. The van der Waals surface area contributed by atoms with E-state index in [1.165, 1.54) is 12.0 Å². The van der Waals surface area contributed by atoms with E-state index in [0.29, 0.717) is 6.54 Å². The van der Waals surface area contributed by atoms with E-state index in [4.69, 9.17) is 5.26 Å². The molecule has 0 bridgehead atoms. The molecule has 4 nitrogen and oxygen atoms in total. The average Bonchev–Trinajstić information content (AvgIpc) is 1.99. The molecule has 0 aromatic heterocycles. The first kappa shape index (κ1) is 8.76. The Morgan fingerprint density at radius 1 is 1.80 bits per heavy atom. The normalized spacial score (nSPS) is 8.10. The van der Waals surface area contributed by atoms with E-state index in [1.54, 1.807) is 7.05 Å². The van der Waals surface area contributed by atoms with Crippen molar-refractivity contribution in [1.29, 1.82) is 5.26 Å². The van der Waals surface area contributed by atoms with Gasteiger partial charge in [0.1, 0.15) is 0 Å². The number of methoxy groups -OCH3 is 1. The Labute approximate surface area is 60.0 Å². The largest absolute Gasteiger partial charge is 0.469 e. The van der Waals surface area contributed by atoms with Crippen molar-refractivity contribution in [2.75, 3.05) is 20.7 Å². The molecule has 0 heterocycles. The Bertz CT molecular complexity index is 150. The molecule has 0 unspecified atom stereocenters. The second-order valence-electron chi connectivity index (χ2n) is 1.85. The first-order valence-corrected chi connectivity index (χ1v) is 2.88. The zero-order valence-electron chi connectivity index (χ0n) is 6.13. The van der Waals surface area contributed by atoms with Crippen molar-refractivity contribution >= 4 is 5.97 Å². The maximum absolute atomic E-state index is 10.5. The molecule has 0 aromatic rings. The summed E-state index contributed by atoms with van der Waals surface area (Å²) < 4.78 is 4.37. The third-order valence-electron chi connectivity index (χ3n) is 1.05. The molecule has 0 saturated carbocycles. The molecule has 0 amide bonds. The smallest absolute Gasteiger partial charge is 0.307 e. The second-order valence-corrected chi connectivity index (χ2v) is 1.85. The summed E-state index contributed by atoms with van der Waals surface area (Å²) in [7, 11) is 2.94. The minimum Gasteiger partial charge on any atom is -0.469 e. The van der Waals surface area contributed by atoms with Gasteiger partial charge in [0.15, 0.2) is 6.19 Å². The Morgan fingerprint density at radius 2 is 2.40 bits per heavy atom. The van der Waals surface area contributed by atoms with Gasteiger partial charge in [0.2, 0.25) is 0 Å². The van der Waals surface area contributed by atoms with Crippen LogP contribution in [0.5, 0.6) is 0 Å². The van der Waals surface area contributed by atoms with Gasteiger partial charge in [0.25, 0.3) is 0 Å². The predicted octanol–water partition coefficient (Wildman–Crippen LogP) is -0.0376. The summed E-state index contributed by atoms with van der Waals surface area (Å²) >= 11 is 0. The SMILES string of the molecule is COC(=O)CCN(C)C#N. The zero-order chi connectivity index (χ0) is 7.98. The molecule has 0 N–H and O–H groups in total. The van der Waals surface area contributed by atoms with Crippen molar-refractivity contribution < 1.29 is 9.53 Å². The van der Waals surface area contributed by atoms with Gasteiger partial charge >= 0.3 is 5.97 Å². The van der Waals surface area contributed by atoms with Crippen molar-refractivity contribution in [1.82, 2.24) is 4.90 Å². The number of carbonyl (C=O) groups is 1. The fraction of sp³-hybridized carbons (Fsp3) is 0.667. The predicted molar refractivity (Wildman–Crippen MR) is 34.9 cm³/mol. The van der Waals surface area contributed by atoms with Crippen LogP contribution in [0, 0.1) is 11.5 Å². The van der Waals surface area contributed by atoms with Crippen LogP contribution >= 0.6 is 0 Å². The Morgan fingerprint density at radius 3 is 2.80 bits per heavy atom. The van der Waals surface area contributed by atoms with Crippen molar-refractivity contribution in [3.8, 4) is 6.19 Å². The van der Waals surface area contributed by atoms with E-state index in [1.807, 2.05) is 6.19 Å². The van der Waals surface area contributed by atoms with Crippen LogP contribution < -0.4 is 0 Å². The summed E-state index contributed by atoms with van der Waals surface area (Å²) in [5.74, 6) is -0.290. The van der Waals surface area contributed by atoms with Gasteiger partial charge in [-0.3, -0.25) is 4.79 Å². The molecular weight excluding hydrogens is 132 g/mol. The van der Waals surface area contributed by atoms with Crippen LogP contribution in [-0.4, -0.2) is 31.6 Å². The minimum atomic E-state index is -0.290. The highest BCUT2D eigenvalue weighted by Crippen LogP contribution is 1.86. The second kappa shape index (κ2) is 4.62. The lowest BCUT2D eigenvalue weighted by Gasteiger charge is -2.05. The number of carbonyl (C=O) groups excluding carboxylic acids is 1. The maximum atomic E-state index is 10.5. The molecule has 0 rings (SSSR count). The lowest BCUT2D eigenvalue weighted by molar-refractivity contribution is -0.140. The molecule has 0 radical (unpaired) electrons. The number of hydrogen-bond acceptors (Lipinski definition) is 4. The van der Waals surface area contributed by atoms with Crippen molar-refractivity contribution in [3.63, 3.8) is 0 Å². The van der Waals surface area contributed by atoms with Crippen molar-refractivity contribution in [2.24, 2.45) is 0 Å². The highest BCUT2D eigenvalue weighted by Gasteiger charge is 2.00. The van der Waals surface area contributed by atoms with Gasteiger partial charge in [0.05, 0.1) is 13.5 Å². The van der Waals surface area contributed by atoms with Crippen LogP contribution in [0.1, 0.15) is 6.42 Å². The zero-order valence-corrected chi connectivity index (χ0v) is 6.13. The van der Waals surface area contributed by atoms with Crippen LogP contribution in [0.15, 0.2) is 0 Å². The van der Waals surface area contributed by atoms with E-state index < -0.39 is 0 Å². The van der Waals surface area contributed by atoms with Crippen molar-refractivity contribution in [2.45, 2.75) is 6.42 Å². The van der Waals surface area contributed by atoms with Crippen LogP contribution in [0.4, 0.5) is 0 Å². The van der Waals surface area contributed by atoms with Gasteiger partial charge in [-0.15, -0.1) is 0 Å². The Hall–Kier alpha value is -1.24.